The Morgan fingerprint density at radius 2 is 1.96 bits per heavy atom. The number of methoxy groups -OCH3 is 1. The van der Waals surface area contributed by atoms with Crippen LogP contribution in [0.15, 0.2) is 21.9 Å². The van der Waals surface area contributed by atoms with Crippen LogP contribution >= 0.6 is 0 Å². The molecule has 2 amide bonds. The van der Waals surface area contributed by atoms with Gasteiger partial charge in [0.05, 0.1) is 24.5 Å². The second kappa shape index (κ2) is 7.25. The number of fused-ring (bicyclic) bond motifs is 1. The fourth-order valence-electron chi connectivity index (χ4n) is 3.15. The number of piperazine rings is 1. The third kappa shape index (κ3) is 3.15. The number of rotatable bonds is 3. The predicted molar refractivity (Wildman–Crippen MR) is 96.7 cm³/mol. The number of aromatic nitrogens is 3. The summed E-state index contributed by atoms with van der Waals surface area (Å²) >= 11 is 0. The summed E-state index contributed by atoms with van der Waals surface area (Å²) in [6, 6.07) is 0.320. The minimum Gasteiger partial charge on any atom is -0.469 e. The van der Waals surface area contributed by atoms with Gasteiger partial charge in [-0.25, -0.2) is 9.78 Å². The smallest absolute Gasteiger partial charge is 0.332 e. The first-order valence-electron chi connectivity index (χ1n) is 8.47. The predicted octanol–water partition coefficient (Wildman–Crippen LogP) is -1.86. The topological polar surface area (TPSA) is 133 Å². The summed E-state index contributed by atoms with van der Waals surface area (Å²) in [6.07, 6.45) is 0.955. The molecule has 1 saturated heterocycles. The summed E-state index contributed by atoms with van der Waals surface area (Å²) in [4.78, 5) is 66.5. The van der Waals surface area contributed by atoms with Crippen molar-refractivity contribution in [1.82, 2.24) is 24.3 Å². The second-order valence-corrected chi connectivity index (χ2v) is 6.39. The number of nitrogens with one attached hydrogen (secondary N) is 1. The van der Waals surface area contributed by atoms with Gasteiger partial charge >= 0.3 is 11.7 Å². The van der Waals surface area contributed by atoms with Crippen LogP contribution in [0.3, 0.4) is 0 Å². The van der Waals surface area contributed by atoms with E-state index in [0.29, 0.717) is 0 Å². The Hall–Kier alpha value is -3.50. The molecule has 1 aliphatic heterocycles. The van der Waals surface area contributed by atoms with Crippen LogP contribution in [0.1, 0.15) is 16.8 Å². The summed E-state index contributed by atoms with van der Waals surface area (Å²) in [5.74, 6) is -1.63. The maximum Gasteiger partial charge on any atom is 0.332 e. The molecular weight excluding hydrogens is 370 g/mol. The molecule has 1 atom stereocenters. The van der Waals surface area contributed by atoms with Crippen LogP contribution in [0.25, 0.3) is 11.0 Å². The average Bonchev–Trinajstić information content (AvgIpc) is 2.71. The minimum atomic E-state index is -1.02. The largest absolute Gasteiger partial charge is 0.469 e. The molecule has 0 aromatic carbocycles. The molecule has 2 aromatic rings. The first-order valence-corrected chi connectivity index (χ1v) is 8.47. The van der Waals surface area contributed by atoms with E-state index in [2.05, 4.69) is 15.0 Å². The van der Waals surface area contributed by atoms with Crippen LogP contribution in [0.5, 0.6) is 0 Å². The molecule has 11 nitrogen and oxygen atoms in total. The van der Waals surface area contributed by atoms with Gasteiger partial charge in [0.15, 0.2) is 0 Å². The zero-order valence-corrected chi connectivity index (χ0v) is 15.6. The van der Waals surface area contributed by atoms with E-state index in [9.17, 15) is 24.0 Å². The molecule has 1 aliphatic rings. The summed E-state index contributed by atoms with van der Waals surface area (Å²) in [5.41, 5.74) is -0.891. The van der Waals surface area contributed by atoms with E-state index in [-0.39, 0.29) is 36.1 Å². The van der Waals surface area contributed by atoms with Crippen molar-refractivity contribution in [3.8, 4) is 0 Å². The molecule has 0 spiro atoms. The Labute approximate surface area is 158 Å². The molecule has 0 aliphatic carbocycles. The third-order valence-electron chi connectivity index (χ3n) is 4.72. The molecule has 0 unspecified atom stereocenters. The van der Waals surface area contributed by atoms with Crippen molar-refractivity contribution in [2.24, 2.45) is 14.1 Å². The first kappa shape index (κ1) is 19.3. The summed E-state index contributed by atoms with van der Waals surface area (Å²) in [7, 11) is 4.00. The Bertz CT molecular complexity index is 1100. The monoisotopic (exact) mass is 389 g/mol. The van der Waals surface area contributed by atoms with Gasteiger partial charge in [0.2, 0.25) is 5.91 Å². The van der Waals surface area contributed by atoms with Crippen LogP contribution in [0.4, 0.5) is 0 Å². The molecule has 0 bridgehead atoms. The van der Waals surface area contributed by atoms with Gasteiger partial charge in [-0.2, -0.15) is 0 Å². The quantitative estimate of drug-likeness (QED) is 0.609. The number of hydrogen-bond donors (Lipinski definition) is 1. The molecule has 1 N–H and O–H groups in total. The lowest BCUT2D eigenvalue weighted by Crippen LogP contribution is -2.57. The van der Waals surface area contributed by atoms with Crippen molar-refractivity contribution in [3.63, 3.8) is 0 Å². The van der Waals surface area contributed by atoms with E-state index in [4.69, 9.17) is 0 Å². The zero-order valence-electron chi connectivity index (χ0n) is 15.6. The summed E-state index contributed by atoms with van der Waals surface area (Å²) in [6.45, 7) is 0.426. The number of hydrogen-bond acceptors (Lipinski definition) is 7. The van der Waals surface area contributed by atoms with Gasteiger partial charge in [-0.1, -0.05) is 0 Å². The van der Waals surface area contributed by atoms with Crippen molar-refractivity contribution >= 4 is 28.8 Å². The van der Waals surface area contributed by atoms with Crippen LogP contribution in [-0.4, -0.2) is 63.0 Å². The molecule has 0 radical (unpaired) electrons. The lowest BCUT2D eigenvalue weighted by atomic mass is 10.1. The number of aryl methyl sites for hydroxylation is 1. The standard InChI is InChI=1S/C17H19N5O6/c1-20-13-10(16(26)21(2)17(20)27)6-9(8-19-13)15(25)22-5-4-18-14(24)11(22)7-12(23)28-3/h6,8,11H,4-5,7H2,1-3H3,(H,18,24)/t11-/m1/s1. The van der Waals surface area contributed by atoms with Gasteiger partial charge in [0.1, 0.15) is 11.7 Å². The van der Waals surface area contributed by atoms with Gasteiger partial charge in [-0.3, -0.25) is 28.3 Å². The van der Waals surface area contributed by atoms with Crippen LogP contribution in [0.2, 0.25) is 0 Å². The Kier molecular flexibility index (Phi) is 4.99. The second-order valence-electron chi connectivity index (χ2n) is 6.39. The maximum absolute atomic E-state index is 13.0. The zero-order chi connectivity index (χ0) is 20.6. The van der Waals surface area contributed by atoms with Crippen molar-refractivity contribution in [2.75, 3.05) is 20.2 Å². The fraction of sp³-hybridized carbons (Fsp3) is 0.412. The van der Waals surface area contributed by atoms with E-state index < -0.39 is 35.1 Å². The minimum absolute atomic E-state index is 0.0767. The van der Waals surface area contributed by atoms with Crippen molar-refractivity contribution in [1.29, 1.82) is 0 Å². The van der Waals surface area contributed by atoms with Crippen LogP contribution in [0, 0.1) is 0 Å². The maximum atomic E-state index is 13.0. The lowest BCUT2D eigenvalue weighted by molar-refractivity contribution is -0.145. The Morgan fingerprint density at radius 3 is 2.64 bits per heavy atom. The number of esters is 1. The molecule has 11 heteroatoms. The molecule has 1 fully saturated rings. The highest BCUT2D eigenvalue weighted by Crippen LogP contribution is 2.16. The van der Waals surface area contributed by atoms with E-state index >= 15 is 0 Å². The molecule has 28 heavy (non-hydrogen) atoms. The number of carbonyl (C=O) groups is 3. The number of nitrogens with zero attached hydrogens (tertiary/aromatic N) is 4. The average molecular weight is 389 g/mol. The van der Waals surface area contributed by atoms with Gasteiger partial charge < -0.3 is 15.0 Å². The number of carbonyl (C=O) groups excluding carboxylic acids is 3. The number of pyridine rings is 1. The van der Waals surface area contributed by atoms with Gasteiger partial charge in [0.25, 0.3) is 11.5 Å². The highest BCUT2D eigenvalue weighted by Gasteiger charge is 2.35. The molecule has 2 aromatic heterocycles. The van der Waals surface area contributed by atoms with Gasteiger partial charge in [-0.05, 0) is 6.07 Å². The number of amides is 2. The normalized spacial score (nSPS) is 16.8. The molecule has 3 rings (SSSR count). The third-order valence-corrected chi connectivity index (χ3v) is 4.72. The van der Waals surface area contributed by atoms with Crippen molar-refractivity contribution in [2.45, 2.75) is 12.5 Å². The Balaban J connectivity index is 2.04. The summed E-state index contributed by atoms with van der Waals surface area (Å²) < 4.78 is 6.73. The van der Waals surface area contributed by atoms with Crippen LogP contribution < -0.4 is 16.6 Å². The highest BCUT2D eigenvalue weighted by atomic mass is 16.5. The van der Waals surface area contributed by atoms with Crippen molar-refractivity contribution in [3.05, 3.63) is 38.7 Å². The van der Waals surface area contributed by atoms with Crippen LogP contribution in [-0.2, 0) is 28.4 Å². The first-order chi connectivity index (χ1) is 13.3. The van der Waals surface area contributed by atoms with Crippen molar-refractivity contribution < 1.29 is 19.1 Å². The van der Waals surface area contributed by atoms with Gasteiger partial charge in [-0.15, -0.1) is 0 Å². The van der Waals surface area contributed by atoms with Gasteiger partial charge in [0, 0.05) is 33.4 Å². The lowest BCUT2D eigenvalue weighted by Gasteiger charge is -2.34. The molecule has 148 valence electrons. The van der Waals surface area contributed by atoms with E-state index in [1.807, 2.05) is 0 Å². The summed E-state index contributed by atoms with van der Waals surface area (Å²) in [5, 5.41) is 2.71. The molecular formula is C17H19N5O6. The van der Waals surface area contributed by atoms with E-state index in [0.717, 1.165) is 4.57 Å². The van der Waals surface area contributed by atoms with E-state index in [1.54, 1.807) is 0 Å². The number of ether oxygens (including phenoxy) is 1. The SMILES string of the molecule is COC(=O)C[C@@H]1C(=O)NCCN1C(=O)c1cnc2c(c1)c(=O)n(C)c(=O)n2C. The van der Waals surface area contributed by atoms with E-state index in [1.165, 1.54) is 42.9 Å². The fourth-order valence-corrected chi connectivity index (χ4v) is 3.15. The molecule has 3 heterocycles. The Morgan fingerprint density at radius 1 is 1.25 bits per heavy atom. The molecule has 0 saturated carbocycles. The highest BCUT2D eigenvalue weighted by molar-refractivity contribution is 6.00.